The summed E-state index contributed by atoms with van der Waals surface area (Å²) in [5, 5.41) is 0. The van der Waals surface area contributed by atoms with Crippen LogP contribution in [-0.2, 0) is 0 Å². The predicted molar refractivity (Wildman–Crippen MR) is 37.7 cm³/mol. The Labute approximate surface area is 49.7 Å². The molecule has 0 N–H and O–H groups in total. The van der Waals surface area contributed by atoms with E-state index in [4.69, 9.17) is 0 Å². The largest absolute Gasteiger partial charge is 0.296 e. The molecule has 0 spiro atoms. The van der Waals surface area contributed by atoms with Crippen LogP contribution < -0.4 is 0 Å². The lowest BCUT2D eigenvalue weighted by Gasteiger charge is -1.81. The summed E-state index contributed by atoms with van der Waals surface area (Å²) in [6, 6.07) is 0. The van der Waals surface area contributed by atoms with Gasteiger partial charge in [0.25, 0.3) is 0 Å². The van der Waals surface area contributed by atoms with E-state index in [1.807, 2.05) is 6.92 Å². The molecule has 0 rings (SSSR count). The fourth-order valence-electron chi connectivity index (χ4n) is 0.235. The van der Waals surface area contributed by atoms with Crippen molar-refractivity contribution in [2.24, 2.45) is 9.98 Å². The highest BCUT2D eigenvalue weighted by Gasteiger charge is 1.72. The van der Waals surface area contributed by atoms with E-state index in [2.05, 4.69) is 16.7 Å². The highest BCUT2D eigenvalue weighted by molar-refractivity contribution is 5.71. The van der Waals surface area contributed by atoms with Crippen LogP contribution in [0.1, 0.15) is 6.92 Å². The fraction of sp³-hybridized carbons (Fsp3) is 0.333. The molecular weight excluding hydrogens is 100 g/mol. The molecule has 0 bridgehead atoms. The Hall–Kier alpha value is -0.920. The van der Waals surface area contributed by atoms with Crippen molar-refractivity contribution in [3.63, 3.8) is 0 Å². The maximum atomic E-state index is 3.73. The Morgan fingerprint density at radius 3 is 2.62 bits per heavy atom. The molecule has 0 fully saturated rings. The SMILES string of the molecule is C=N/C(C)=C/C=N/C. The summed E-state index contributed by atoms with van der Waals surface area (Å²) in [7, 11) is 1.72. The first-order valence-corrected chi connectivity index (χ1v) is 2.37. The van der Waals surface area contributed by atoms with E-state index in [0.717, 1.165) is 5.70 Å². The fourth-order valence-corrected chi connectivity index (χ4v) is 0.235. The van der Waals surface area contributed by atoms with Crippen molar-refractivity contribution in [2.75, 3.05) is 7.05 Å². The zero-order valence-electron chi connectivity index (χ0n) is 5.26. The molecule has 0 aromatic carbocycles. The van der Waals surface area contributed by atoms with Crippen molar-refractivity contribution in [3.05, 3.63) is 11.8 Å². The van der Waals surface area contributed by atoms with Crippen LogP contribution in [0.4, 0.5) is 0 Å². The molecule has 0 aliphatic heterocycles. The third-order valence-corrected chi connectivity index (χ3v) is 0.714. The minimum absolute atomic E-state index is 0.885. The molecule has 0 saturated carbocycles. The summed E-state index contributed by atoms with van der Waals surface area (Å²) < 4.78 is 0. The Morgan fingerprint density at radius 2 is 2.25 bits per heavy atom. The highest BCUT2D eigenvalue weighted by atomic mass is 14.7. The molecule has 0 aromatic heterocycles. The minimum atomic E-state index is 0.885. The lowest BCUT2D eigenvalue weighted by Crippen LogP contribution is -1.68. The Morgan fingerprint density at radius 1 is 1.62 bits per heavy atom. The lowest BCUT2D eigenvalue weighted by atomic mass is 10.5. The molecule has 8 heavy (non-hydrogen) atoms. The average molecular weight is 110 g/mol. The third-order valence-electron chi connectivity index (χ3n) is 0.714. The molecule has 0 aromatic rings. The molecule has 0 aliphatic rings. The van der Waals surface area contributed by atoms with E-state index in [1.54, 1.807) is 19.3 Å². The van der Waals surface area contributed by atoms with Crippen LogP contribution in [0, 0.1) is 0 Å². The Kier molecular flexibility index (Phi) is 3.76. The minimum Gasteiger partial charge on any atom is -0.296 e. The molecule has 2 heteroatoms. The molecular formula is C6H10N2. The molecule has 0 amide bonds. The van der Waals surface area contributed by atoms with Gasteiger partial charge < -0.3 is 0 Å². The summed E-state index contributed by atoms with van der Waals surface area (Å²) in [6.07, 6.45) is 3.48. The van der Waals surface area contributed by atoms with E-state index in [0.29, 0.717) is 0 Å². The van der Waals surface area contributed by atoms with Gasteiger partial charge in [-0.25, -0.2) is 0 Å². The molecule has 0 unspecified atom stereocenters. The van der Waals surface area contributed by atoms with Crippen LogP contribution in [0.25, 0.3) is 0 Å². The van der Waals surface area contributed by atoms with Crippen LogP contribution >= 0.6 is 0 Å². The normalized spacial score (nSPS) is 12.5. The standard InChI is InChI=1S/C6H10N2/c1-6(8-3)4-5-7-2/h4-5H,3H2,1-2H3/b6-4+,7-5+. The summed E-state index contributed by atoms with van der Waals surface area (Å²) >= 11 is 0. The maximum Gasteiger partial charge on any atom is 0.0380 e. The first-order valence-electron chi connectivity index (χ1n) is 2.37. The van der Waals surface area contributed by atoms with Crippen molar-refractivity contribution in [1.82, 2.24) is 0 Å². The zero-order chi connectivity index (χ0) is 6.41. The van der Waals surface area contributed by atoms with Crippen molar-refractivity contribution < 1.29 is 0 Å². The van der Waals surface area contributed by atoms with Gasteiger partial charge in [0, 0.05) is 19.0 Å². The second kappa shape index (κ2) is 4.24. The molecule has 44 valence electrons. The number of rotatable bonds is 2. The average Bonchev–Trinajstić information content (AvgIpc) is 1.83. The van der Waals surface area contributed by atoms with E-state index in [9.17, 15) is 0 Å². The molecule has 0 radical (unpaired) electrons. The van der Waals surface area contributed by atoms with Crippen LogP contribution in [0.5, 0.6) is 0 Å². The van der Waals surface area contributed by atoms with Gasteiger partial charge in [0.2, 0.25) is 0 Å². The van der Waals surface area contributed by atoms with Gasteiger partial charge in [-0.05, 0) is 19.7 Å². The van der Waals surface area contributed by atoms with Crippen molar-refractivity contribution in [3.8, 4) is 0 Å². The molecule has 2 nitrogen and oxygen atoms in total. The molecule has 0 atom stereocenters. The Balaban J connectivity index is 3.74. The first-order chi connectivity index (χ1) is 3.81. The van der Waals surface area contributed by atoms with E-state index in [-0.39, 0.29) is 0 Å². The summed E-state index contributed by atoms with van der Waals surface area (Å²) in [5.74, 6) is 0. The highest BCUT2D eigenvalue weighted by Crippen LogP contribution is 1.87. The summed E-state index contributed by atoms with van der Waals surface area (Å²) in [4.78, 5) is 7.38. The van der Waals surface area contributed by atoms with Gasteiger partial charge in [0.15, 0.2) is 0 Å². The molecule has 0 saturated heterocycles. The second-order valence-electron chi connectivity index (χ2n) is 1.37. The van der Waals surface area contributed by atoms with Gasteiger partial charge in [0.05, 0.1) is 0 Å². The zero-order valence-corrected chi connectivity index (χ0v) is 5.26. The van der Waals surface area contributed by atoms with Gasteiger partial charge in [0.1, 0.15) is 0 Å². The van der Waals surface area contributed by atoms with Gasteiger partial charge in [-0.1, -0.05) is 0 Å². The quantitative estimate of drug-likeness (QED) is 0.478. The van der Waals surface area contributed by atoms with Crippen LogP contribution in [0.2, 0.25) is 0 Å². The monoisotopic (exact) mass is 110 g/mol. The van der Waals surface area contributed by atoms with Gasteiger partial charge in [-0.2, -0.15) is 0 Å². The van der Waals surface area contributed by atoms with E-state index < -0.39 is 0 Å². The van der Waals surface area contributed by atoms with E-state index >= 15 is 0 Å². The number of allylic oxidation sites excluding steroid dienone is 2. The third kappa shape index (κ3) is 3.28. The van der Waals surface area contributed by atoms with Crippen molar-refractivity contribution >= 4 is 12.9 Å². The molecule has 0 aliphatic carbocycles. The van der Waals surface area contributed by atoms with Crippen molar-refractivity contribution in [2.45, 2.75) is 6.92 Å². The predicted octanol–water partition coefficient (Wildman–Crippen LogP) is 1.29. The topological polar surface area (TPSA) is 24.7 Å². The second-order valence-corrected chi connectivity index (χ2v) is 1.37. The molecule has 0 heterocycles. The van der Waals surface area contributed by atoms with Crippen LogP contribution in [0.3, 0.4) is 0 Å². The van der Waals surface area contributed by atoms with Gasteiger partial charge >= 0.3 is 0 Å². The Bertz CT molecular complexity index is 122. The summed E-state index contributed by atoms with van der Waals surface area (Å²) in [5.41, 5.74) is 0.885. The number of hydrogen-bond donors (Lipinski definition) is 0. The summed E-state index contributed by atoms with van der Waals surface area (Å²) in [6.45, 7) is 5.20. The van der Waals surface area contributed by atoms with E-state index in [1.165, 1.54) is 0 Å². The van der Waals surface area contributed by atoms with Gasteiger partial charge in [-0.15, -0.1) is 0 Å². The maximum absolute atomic E-state index is 3.73. The lowest BCUT2D eigenvalue weighted by molar-refractivity contribution is 1.33. The number of aliphatic imine (C=N–C) groups is 2. The number of hydrogen-bond acceptors (Lipinski definition) is 2. The smallest absolute Gasteiger partial charge is 0.0380 e. The van der Waals surface area contributed by atoms with Gasteiger partial charge in [-0.3, -0.25) is 9.98 Å². The van der Waals surface area contributed by atoms with Crippen LogP contribution in [-0.4, -0.2) is 20.0 Å². The number of nitrogens with zero attached hydrogens (tertiary/aromatic N) is 2. The first kappa shape index (κ1) is 7.08. The van der Waals surface area contributed by atoms with Crippen molar-refractivity contribution in [1.29, 1.82) is 0 Å². The van der Waals surface area contributed by atoms with Crippen LogP contribution in [0.15, 0.2) is 21.8 Å².